The first-order valence-electron chi connectivity index (χ1n) is 10.7. The van der Waals surface area contributed by atoms with Crippen LogP contribution < -0.4 is 5.32 Å². The lowest BCUT2D eigenvalue weighted by molar-refractivity contribution is -0.141. The zero-order valence-electron chi connectivity index (χ0n) is 17.5. The second kappa shape index (κ2) is 11.2. The van der Waals surface area contributed by atoms with E-state index in [9.17, 15) is 9.59 Å². The lowest BCUT2D eigenvalue weighted by atomic mass is 10.1. The van der Waals surface area contributed by atoms with Crippen LogP contribution in [0.1, 0.15) is 50.2 Å². The second-order valence-electron chi connectivity index (χ2n) is 7.94. The van der Waals surface area contributed by atoms with Gasteiger partial charge in [-0.25, -0.2) is 0 Å². The van der Waals surface area contributed by atoms with Crippen LogP contribution in [0.5, 0.6) is 0 Å². The predicted octanol–water partition coefficient (Wildman–Crippen LogP) is 6.06. The van der Waals surface area contributed by atoms with Gasteiger partial charge < -0.3 is 10.2 Å². The Balaban J connectivity index is 1.86. The van der Waals surface area contributed by atoms with Crippen molar-refractivity contribution in [2.24, 2.45) is 0 Å². The first-order valence-corrected chi connectivity index (χ1v) is 11.8. The van der Waals surface area contributed by atoms with Crippen molar-refractivity contribution in [3.8, 4) is 0 Å². The summed E-state index contributed by atoms with van der Waals surface area (Å²) in [7, 11) is 0. The molecule has 0 spiro atoms. The topological polar surface area (TPSA) is 49.4 Å². The van der Waals surface area contributed by atoms with Crippen molar-refractivity contribution in [2.45, 2.75) is 64.1 Å². The third-order valence-corrected chi connectivity index (χ3v) is 6.71. The van der Waals surface area contributed by atoms with Crippen LogP contribution in [-0.4, -0.2) is 28.8 Å². The maximum atomic E-state index is 13.4. The molecule has 0 radical (unpaired) electrons. The molecule has 7 heteroatoms. The zero-order chi connectivity index (χ0) is 22.4. The van der Waals surface area contributed by atoms with E-state index in [0.29, 0.717) is 27.1 Å². The van der Waals surface area contributed by atoms with Crippen LogP contribution >= 0.6 is 34.8 Å². The van der Waals surface area contributed by atoms with Crippen LogP contribution in [0.4, 0.5) is 0 Å². The molecule has 0 saturated heterocycles. The van der Waals surface area contributed by atoms with Crippen molar-refractivity contribution in [2.75, 3.05) is 0 Å². The van der Waals surface area contributed by atoms with Crippen LogP contribution in [0.2, 0.25) is 15.1 Å². The summed E-state index contributed by atoms with van der Waals surface area (Å²) in [6.45, 7) is 2.08. The van der Waals surface area contributed by atoms with Gasteiger partial charge >= 0.3 is 0 Å². The normalized spacial score (nSPS) is 15.0. The maximum Gasteiger partial charge on any atom is 0.243 e. The van der Waals surface area contributed by atoms with E-state index in [-0.39, 0.29) is 30.8 Å². The third kappa shape index (κ3) is 6.38. The number of benzene rings is 2. The number of hydrogen-bond donors (Lipinski definition) is 1. The maximum absolute atomic E-state index is 13.4. The third-order valence-electron chi connectivity index (χ3n) is 5.75. The molecular formula is C24H27Cl3N2O2. The van der Waals surface area contributed by atoms with E-state index in [1.807, 2.05) is 19.1 Å². The summed E-state index contributed by atoms with van der Waals surface area (Å²) in [5, 5.41) is 4.69. The summed E-state index contributed by atoms with van der Waals surface area (Å²) < 4.78 is 0. The summed E-state index contributed by atoms with van der Waals surface area (Å²) >= 11 is 18.7. The Morgan fingerprint density at radius 3 is 2.23 bits per heavy atom. The van der Waals surface area contributed by atoms with Gasteiger partial charge in [-0.2, -0.15) is 0 Å². The van der Waals surface area contributed by atoms with Gasteiger partial charge in [-0.3, -0.25) is 9.59 Å². The molecule has 4 nitrogen and oxygen atoms in total. The van der Waals surface area contributed by atoms with E-state index in [0.717, 1.165) is 31.2 Å². The predicted molar refractivity (Wildman–Crippen MR) is 127 cm³/mol. The average Bonchev–Trinajstić information content (AvgIpc) is 3.24. The molecule has 1 atom stereocenters. The molecule has 2 amide bonds. The van der Waals surface area contributed by atoms with Crippen LogP contribution in [0.25, 0.3) is 0 Å². The lowest BCUT2D eigenvalue weighted by Crippen LogP contribution is -2.51. The van der Waals surface area contributed by atoms with Gasteiger partial charge in [-0.1, -0.05) is 72.8 Å². The average molecular weight is 482 g/mol. The fourth-order valence-corrected chi connectivity index (χ4v) is 4.66. The summed E-state index contributed by atoms with van der Waals surface area (Å²) in [5.74, 6) is -0.284. The monoisotopic (exact) mass is 480 g/mol. The lowest BCUT2D eigenvalue weighted by Gasteiger charge is -2.32. The molecule has 1 aliphatic carbocycles. The highest BCUT2D eigenvalue weighted by molar-refractivity contribution is 6.36. The Morgan fingerprint density at radius 1 is 1.03 bits per heavy atom. The Morgan fingerprint density at radius 2 is 1.65 bits per heavy atom. The SMILES string of the molecule is CC[C@H](C(=O)NC1CCCC1)N(Cc1c(Cl)cccc1Cl)C(=O)Cc1ccc(Cl)cc1. The number of amides is 2. The second-order valence-corrected chi connectivity index (χ2v) is 9.19. The molecule has 1 saturated carbocycles. The Hall–Kier alpha value is -1.75. The van der Waals surface area contributed by atoms with E-state index in [2.05, 4.69) is 5.32 Å². The molecule has 1 N–H and O–H groups in total. The van der Waals surface area contributed by atoms with Gasteiger partial charge in [-0.05, 0) is 49.1 Å². The van der Waals surface area contributed by atoms with Crippen molar-refractivity contribution >= 4 is 46.6 Å². The van der Waals surface area contributed by atoms with Crippen molar-refractivity contribution < 1.29 is 9.59 Å². The highest BCUT2D eigenvalue weighted by Crippen LogP contribution is 2.28. The highest BCUT2D eigenvalue weighted by atomic mass is 35.5. The Bertz CT molecular complexity index is 891. The standard InChI is InChI=1S/C24H27Cl3N2O2/c1-2-22(24(31)28-18-6-3-4-7-18)29(15-19-20(26)8-5-9-21(19)27)23(30)14-16-10-12-17(25)13-11-16/h5,8-13,18,22H,2-4,6-7,14-15H2,1H3,(H,28,31)/t22-/m1/s1. The number of carbonyl (C=O) groups is 2. The summed E-state index contributed by atoms with van der Waals surface area (Å²) in [6.07, 6.45) is 4.86. The molecule has 166 valence electrons. The number of hydrogen-bond acceptors (Lipinski definition) is 2. The number of rotatable bonds is 8. The van der Waals surface area contributed by atoms with E-state index in [1.54, 1.807) is 35.2 Å². The molecule has 2 aromatic rings. The quantitative estimate of drug-likeness (QED) is 0.498. The molecule has 0 aliphatic heterocycles. The van der Waals surface area contributed by atoms with Crippen molar-refractivity contribution in [1.29, 1.82) is 0 Å². The number of carbonyl (C=O) groups excluding carboxylic acids is 2. The highest BCUT2D eigenvalue weighted by Gasteiger charge is 2.31. The molecule has 0 unspecified atom stereocenters. The minimum absolute atomic E-state index is 0.123. The molecule has 0 bridgehead atoms. The largest absolute Gasteiger partial charge is 0.352 e. The Kier molecular flexibility index (Phi) is 8.65. The van der Waals surface area contributed by atoms with E-state index < -0.39 is 6.04 Å². The van der Waals surface area contributed by atoms with Gasteiger partial charge in [0.05, 0.1) is 6.42 Å². The summed E-state index contributed by atoms with van der Waals surface area (Å²) in [4.78, 5) is 28.1. The van der Waals surface area contributed by atoms with Crippen molar-refractivity contribution in [3.63, 3.8) is 0 Å². The zero-order valence-corrected chi connectivity index (χ0v) is 19.8. The fourth-order valence-electron chi connectivity index (χ4n) is 4.02. The molecule has 0 heterocycles. The molecule has 1 fully saturated rings. The van der Waals surface area contributed by atoms with Crippen molar-refractivity contribution in [1.82, 2.24) is 10.2 Å². The number of nitrogens with one attached hydrogen (secondary N) is 1. The van der Waals surface area contributed by atoms with Gasteiger partial charge in [0.25, 0.3) is 0 Å². The fraction of sp³-hybridized carbons (Fsp3) is 0.417. The van der Waals surface area contributed by atoms with E-state index in [4.69, 9.17) is 34.8 Å². The minimum Gasteiger partial charge on any atom is -0.352 e. The molecule has 0 aromatic heterocycles. The van der Waals surface area contributed by atoms with Crippen LogP contribution in [0.15, 0.2) is 42.5 Å². The van der Waals surface area contributed by atoms with Crippen molar-refractivity contribution in [3.05, 3.63) is 68.7 Å². The molecule has 1 aliphatic rings. The van der Waals surface area contributed by atoms with E-state index >= 15 is 0 Å². The Labute approximate surface area is 198 Å². The van der Waals surface area contributed by atoms with Gasteiger partial charge in [0, 0.05) is 33.2 Å². The van der Waals surface area contributed by atoms with Crippen LogP contribution in [0, 0.1) is 0 Å². The summed E-state index contributed by atoms with van der Waals surface area (Å²) in [5.41, 5.74) is 1.47. The van der Waals surface area contributed by atoms with Crippen LogP contribution in [-0.2, 0) is 22.6 Å². The molecule has 2 aromatic carbocycles. The molecule has 31 heavy (non-hydrogen) atoms. The van der Waals surface area contributed by atoms with Gasteiger partial charge in [-0.15, -0.1) is 0 Å². The van der Waals surface area contributed by atoms with E-state index in [1.165, 1.54) is 0 Å². The summed E-state index contributed by atoms with van der Waals surface area (Å²) in [6, 6.07) is 12.0. The smallest absolute Gasteiger partial charge is 0.243 e. The van der Waals surface area contributed by atoms with Gasteiger partial charge in [0.15, 0.2) is 0 Å². The minimum atomic E-state index is -0.604. The van der Waals surface area contributed by atoms with Gasteiger partial charge in [0.1, 0.15) is 6.04 Å². The first kappa shape index (κ1) is 23.9. The molecule has 3 rings (SSSR count). The number of nitrogens with zero attached hydrogens (tertiary/aromatic N) is 1. The number of halogens is 3. The molecular weight excluding hydrogens is 455 g/mol. The first-order chi connectivity index (χ1) is 14.9. The van der Waals surface area contributed by atoms with Gasteiger partial charge in [0.2, 0.25) is 11.8 Å². The van der Waals surface area contributed by atoms with Crippen LogP contribution in [0.3, 0.4) is 0 Å².